The molecule has 0 spiro atoms. The van der Waals surface area contributed by atoms with Gasteiger partial charge in [0.2, 0.25) is 0 Å². The normalized spacial score (nSPS) is 12.1. The molecule has 0 aliphatic carbocycles. The molecule has 30 heavy (non-hydrogen) atoms. The highest BCUT2D eigenvalue weighted by molar-refractivity contribution is 5.83. The van der Waals surface area contributed by atoms with Crippen LogP contribution in [0, 0.1) is 0 Å². The summed E-state index contributed by atoms with van der Waals surface area (Å²) in [6.07, 6.45) is 1.09. The van der Waals surface area contributed by atoms with Crippen molar-refractivity contribution in [2.75, 3.05) is 7.11 Å². The minimum atomic E-state index is -0.662. The predicted octanol–water partition coefficient (Wildman–Crippen LogP) is 4.49. The van der Waals surface area contributed by atoms with Crippen LogP contribution >= 0.6 is 0 Å². The monoisotopic (exact) mass is 399 g/mol. The van der Waals surface area contributed by atoms with E-state index in [0.717, 1.165) is 27.9 Å². The largest absolute Gasteiger partial charge is 0.367 e. The summed E-state index contributed by atoms with van der Waals surface area (Å²) < 4.78 is 7.76. The number of hydrogen-bond acceptors (Lipinski definition) is 3. The maximum absolute atomic E-state index is 13.6. The predicted molar refractivity (Wildman–Crippen MR) is 118 cm³/mol. The minimum Gasteiger partial charge on any atom is -0.367 e. The second kappa shape index (κ2) is 8.93. The lowest BCUT2D eigenvalue weighted by molar-refractivity contribution is -0.144. The average molecular weight is 399 g/mol. The highest BCUT2D eigenvalue weighted by Gasteiger charge is 2.27. The number of rotatable bonds is 7. The Morgan fingerprint density at radius 2 is 1.73 bits per heavy atom. The molecule has 4 aromatic rings. The van der Waals surface area contributed by atoms with Crippen LogP contribution in [0.25, 0.3) is 10.9 Å². The minimum absolute atomic E-state index is 0.0837. The number of aryl methyl sites for hydroxylation is 1. The second-order valence-corrected chi connectivity index (χ2v) is 7.30. The maximum Gasteiger partial charge on any atom is 0.257 e. The molecule has 5 nitrogen and oxygen atoms in total. The number of benzene rings is 2. The number of carbonyl (C=O) groups is 1. The number of pyridine rings is 1. The molecule has 1 atom stereocenters. The first kappa shape index (κ1) is 19.9. The van der Waals surface area contributed by atoms with E-state index in [1.807, 2.05) is 72.6 Å². The molecule has 0 bridgehead atoms. The zero-order valence-corrected chi connectivity index (χ0v) is 17.2. The van der Waals surface area contributed by atoms with Gasteiger partial charge in [-0.05, 0) is 35.2 Å². The van der Waals surface area contributed by atoms with Gasteiger partial charge in [0.05, 0.1) is 18.8 Å². The van der Waals surface area contributed by atoms with Gasteiger partial charge in [-0.1, -0.05) is 54.6 Å². The van der Waals surface area contributed by atoms with E-state index in [2.05, 4.69) is 27.8 Å². The molecule has 0 fully saturated rings. The van der Waals surface area contributed by atoms with Crippen molar-refractivity contribution in [1.82, 2.24) is 14.5 Å². The Hall–Kier alpha value is -3.44. The first-order valence-electron chi connectivity index (χ1n) is 9.97. The first-order chi connectivity index (χ1) is 14.7. The zero-order chi connectivity index (χ0) is 20.9. The van der Waals surface area contributed by atoms with Crippen LogP contribution < -0.4 is 0 Å². The third kappa shape index (κ3) is 4.11. The van der Waals surface area contributed by atoms with Crippen LogP contribution in [-0.4, -0.2) is 27.5 Å². The fraction of sp³-hybridized carbons (Fsp3) is 0.200. The number of ether oxygens (including phenoxy) is 1. The van der Waals surface area contributed by atoms with Gasteiger partial charge in [-0.3, -0.25) is 9.78 Å². The van der Waals surface area contributed by atoms with Gasteiger partial charge in [-0.2, -0.15) is 0 Å². The van der Waals surface area contributed by atoms with Crippen molar-refractivity contribution in [3.8, 4) is 0 Å². The molecule has 0 saturated carbocycles. The van der Waals surface area contributed by atoms with E-state index < -0.39 is 6.10 Å². The van der Waals surface area contributed by atoms with Crippen LogP contribution in [0.4, 0.5) is 0 Å². The summed E-state index contributed by atoms with van der Waals surface area (Å²) in [4.78, 5) is 19.8. The number of nitrogens with zero attached hydrogens (tertiary/aromatic N) is 3. The van der Waals surface area contributed by atoms with Crippen molar-refractivity contribution in [3.63, 3.8) is 0 Å². The average Bonchev–Trinajstić information content (AvgIpc) is 3.11. The lowest BCUT2D eigenvalue weighted by atomic mass is 10.1. The van der Waals surface area contributed by atoms with Gasteiger partial charge in [-0.25, -0.2) is 0 Å². The Kier molecular flexibility index (Phi) is 5.91. The van der Waals surface area contributed by atoms with Gasteiger partial charge in [0.25, 0.3) is 5.91 Å². The van der Waals surface area contributed by atoms with Gasteiger partial charge in [0.15, 0.2) is 6.10 Å². The first-order valence-corrected chi connectivity index (χ1v) is 9.97. The molecule has 1 unspecified atom stereocenters. The molecular formula is C25H25N3O2. The molecule has 5 heteroatoms. The van der Waals surface area contributed by atoms with Crippen LogP contribution in [0.5, 0.6) is 0 Å². The second-order valence-electron chi connectivity index (χ2n) is 7.30. The van der Waals surface area contributed by atoms with E-state index >= 15 is 0 Å². The standard InChI is InChI=1S/C25H25N3O2/c1-27-22(16-20-12-6-7-14-23(20)27)18-28(17-21-13-8-9-15-26-21)25(29)24(30-2)19-10-4-3-5-11-19/h3-16,24H,17-18H2,1-2H3. The van der Waals surface area contributed by atoms with Crippen molar-refractivity contribution >= 4 is 16.8 Å². The molecule has 0 aliphatic rings. The van der Waals surface area contributed by atoms with Gasteiger partial charge in [-0.15, -0.1) is 0 Å². The summed E-state index contributed by atoms with van der Waals surface area (Å²) >= 11 is 0. The number of fused-ring (bicyclic) bond motifs is 1. The Labute approximate surface area is 176 Å². The quantitative estimate of drug-likeness (QED) is 0.460. The number of hydrogen-bond donors (Lipinski definition) is 0. The molecule has 152 valence electrons. The number of para-hydroxylation sites is 1. The summed E-state index contributed by atoms with van der Waals surface area (Å²) in [5.74, 6) is -0.0837. The molecule has 2 aromatic heterocycles. The summed E-state index contributed by atoms with van der Waals surface area (Å²) in [5.41, 5.74) is 3.88. The smallest absolute Gasteiger partial charge is 0.257 e. The Morgan fingerprint density at radius 3 is 2.43 bits per heavy atom. The molecule has 0 radical (unpaired) electrons. The van der Waals surface area contributed by atoms with E-state index in [1.54, 1.807) is 13.3 Å². The van der Waals surface area contributed by atoms with E-state index in [4.69, 9.17) is 4.74 Å². The summed E-state index contributed by atoms with van der Waals surface area (Å²) in [5, 5.41) is 1.16. The van der Waals surface area contributed by atoms with Crippen molar-refractivity contribution in [2.24, 2.45) is 7.05 Å². The van der Waals surface area contributed by atoms with Crippen LogP contribution in [0.2, 0.25) is 0 Å². The zero-order valence-electron chi connectivity index (χ0n) is 17.2. The van der Waals surface area contributed by atoms with Crippen LogP contribution in [-0.2, 0) is 29.7 Å². The van der Waals surface area contributed by atoms with Gasteiger partial charge >= 0.3 is 0 Å². The highest BCUT2D eigenvalue weighted by atomic mass is 16.5. The molecule has 2 aromatic carbocycles. The van der Waals surface area contributed by atoms with Crippen molar-refractivity contribution in [1.29, 1.82) is 0 Å². The molecule has 0 N–H and O–H groups in total. The van der Waals surface area contributed by atoms with Crippen LogP contribution in [0.15, 0.2) is 85.1 Å². The van der Waals surface area contributed by atoms with E-state index in [9.17, 15) is 4.79 Å². The third-order valence-corrected chi connectivity index (χ3v) is 5.36. The fourth-order valence-corrected chi connectivity index (χ4v) is 3.77. The summed E-state index contributed by atoms with van der Waals surface area (Å²) in [6, 6.07) is 25.7. The van der Waals surface area contributed by atoms with E-state index in [-0.39, 0.29) is 5.91 Å². The van der Waals surface area contributed by atoms with Crippen LogP contribution in [0.3, 0.4) is 0 Å². The van der Waals surface area contributed by atoms with Gasteiger partial charge in [0.1, 0.15) is 0 Å². The molecule has 0 aliphatic heterocycles. The molecule has 0 saturated heterocycles. The van der Waals surface area contributed by atoms with Crippen molar-refractivity contribution in [2.45, 2.75) is 19.2 Å². The van der Waals surface area contributed by atoms with E-state index in [0.29, 0.717) is 13.1 Å². The Bertz CT molecular complexity index is 1120. The summed E-state index contributed by atoms with van der Waals surface area (Å²) in [6.45, 7) is 0.876. The lowest BCUT2D eigenvalue weighted by Crippen LogP contribution is -2.35. The Balaban J connectivity index is 1.68. The van der Waals surface area contributed by atoms with E-state index in [1.165, 1.54) is 0 Å². The molecular weight excluding hydrogens is 374 g/mol. The van der Waals surface area contributed by atoms with Crippen LogP contribution in [0.1, 0.15) is 23.1 Å². The number of carbonyl (C=O) groups excluding carboxylic acids is 1. The molecule has 2 heterocycles. The SMILES string of the molecule is COC(C(=O)N(Cc1ccccn1)Cc1cc2ccccc2n1C)c1ccccc1. The molecule has 4 rings (SSSR count). The topological polar surface area (TPSA) is 47.4 Å². The van der Waals surface area contributed by atoms with Gasteiger partial charge < -0.3 is 14.2 Å². The Morgan fingerprint density at radius 1 is 1.00 bits per heavy atom. The maximum atomic E-state index is 13.6. The molecule has 1 amide bonds. The number of aromatic nitrogens is 2. The summed E-state index contributed by atoms with van der Waals surface area (Å²) in [7, 11) is 3.61. The fourth-order valence-electron chi connectivity index (χ4n) is 3.77. The van der Waals surface area contributed by atoms with Gasteiger partial charge in [0, 0.05) is 31.6 Å². The number of methoxy groups -OCH3 is 1. The highest BCUT2D eigenvalue weighted by Crippen LogP contribution is 2.24. The lowest BCUT2D eigenvalue weighted by Gasteiger charge is -2.27. The van der Waals surface area contributed by atoms with Crippen molar-refractivity contribution in [3.05, 3.63) is 102 Å². The van der Waals surface area contributed by atoms with Crippen molar-refractivity contribution < 1.29 is 9.53 Å². The third-order valence-electron chi connectivity index (χ3n) is 5.36. The number of amides is 1.